The second-order valence-electron chi connectivity index (χ2n) is 5.86. The predicted molar refractivity (Wildman–Crippen MR) is 73.3 cm³/mol. The summed E-state index contributed by atoms with van der Waals surface area (Å²) < 4.78 is 30.2. The molecular formula is C15H20O3S. The van der Waals surface area contributed by atoms with Crippen LogP contribution in [0.3, 0.4) is 0 Å². The third kappa shape index (κ3) is 2.56. The Hall–Kier alpha value is -0.870. The van der Waals surface area contributed by atoms with E-state index in [0.717, 1.165) is 31.2 Å². The van der Waals surface area contributed by atoms with E-state index in [1.807, 2.05) is 19.1 Å². The molecule has 3 atom stereocenters. The molecule has 1 unspecified atom stereocenters. The zero-order valence-corrected chi connectivity index (χ0v) is 12.0. The Balaban J connectivity index is 1.80. The Kier molecular flexibility index (Phi) is 3.39. The maximum atomic E-state index is 12.3. The molecule has 104 valence electrons. The van der Waals surface area contributed by atoms with Crippen LogP contribution in [0.2, 0.25) is 0 Å². The fourth-order valence-electron chi connectivity index (χ4n) is 3.46. The van der Waals surface area contributed by atoms with Crippen molar-refractivity contribution in [3.8, 4) is 0 Å². The summed E-state index contributed by atoms with van der Waals surface area (Å²) in [5.74, 6) is 0.887. The highest BCUT2D eigenvalue weighted by molar-refractivity contribution is 7.86. The molecule has 0 N–H and O–H groups in total. The molecule has 2 fully saturated rings. The fourth-order valence-corrected chi connectivity index (χ4v) is 4.65. The van der Waals surface area contributed by atoms with Crippen LogP contribution in [0.5, 0.6) is 0 Å². The van der Waals surface area contributed by atoms with Gasteiger partial charge in [-0.15, -0.1) is 0 Å². The molecule has 0 spiro atoms. The topological polar surface area (TPSA) is 43.4 Å². The Morgan fingerprint density at radius 2 is 1.58 bits per heavy atom. The third-order valence-electron chi connectivity index (χ3n) is 4.53. The molecule has 2 saturated carbocycles. The van der Waals surface area contributed by atoms with E-state index in [-0.39, 0.29) is 11.0 Å². The first-order valence-corrected chi connectivity index (χ1v) is 8.47. The standard InChI is InChI=1S/C15H20O3S/c1-11-5-9-14(10-6-11)19(16,17)18-15-12-3-2-4-13(15)8-7-12/h5-6,9-10,12-13,15H,2-4,7-8H2,1H3/t12-,13+,15?. The highest BCUT2D eigenvalue weighted by Gasteiger charge is 2.42. The summed E-state index contributed by atoms with van der Waals surface area (Å²) >= 11 is 0. The minimum atomic E-state index is -3.60. The lowest BCUT2D eigenvalue weighted by atomic mass is 9.86. The first-order valence-electron chi connectivity index (χ1n) is 7.06. The van der Waals surface area contributed by atoms with Gasteiger partial charge in [0.25, 0.3) is 10.1 Å². The molecule has 2 aliphatic carbocycles. The van der Waals surface area contributed by atoms with Gasteiger partial charge in [0.15, 0.2) is 0 Å². The molecule has 2 bridgehead atoms. The van der Waals surface area contributed by atoms with Gasteiger partial charge in [-0.05, 0) is 56.6 Å². The number of rotatable bonds is 3. The van der Waals surface area contributed by atoms with E-state index >= 15 is 0 Å². The first-order chi connectivity index (χ1) is 9.06. The summed E-state index contributed by atoms with van der Waals surface area (Å²) in [4.78, 5) is 0.281. The third-order valence-corrected chi connectivity index (χ3v) is 5.86. The normalized spacial score (nSPS) is 30.5. The fraction of sp³-hybridized carbons (Fsp3) is 0.600. The highest BCUT2D eigenvalue weighted by atomic mass is 32.2. The molecule has 0 aliphatic heterocycles. The van der Waals surface area contributed by atoms with Gasteiger partial charge in [-0.25, -0.2) is 0 Å². The summed E-state index contributed by atoms with van der Waals surface area (Å²) in [6, 6.07) is 6.89. The van der Waals surface area contributed by atoms with Crippen LogP contribution in [-0.4, -0.2) is 14.5 Å². The summed E-state index contributed by atoms with van der Waals surface area (Å²) in [5, 5.41) is 0. The molecule has 0 aromatic heterocycles. The zero-order valence-electron chi connectivity index (χ0n) is 11.2. The number of benzene rings is 1. The second-order valence-corrected chi connectivity index (χ2v) is 7.43. The Labute approximate surface area is 115 Å². The van der Waals surface area contributed by atoms with Crippen LogP contribution in [0, 0.1) is 18.8 Å². The summed E-state index contributed by atoms with van der Waals surface area (Å²) in [5.41, 5.74) is 1.05. The van der Waals surface area contributed by atoms with Gasteiger partial charge in [0.2, 0.25) is 0 Å². The first kappa shape index (κ1) is 13.1. The van der Waals surface area contributed by atoms with Crippen molar-refractivity contribution in [1.29, 1.82) is 0 Å². The predicted octanol–water partition coefficient (Wildman–Crippen LogP) is 3.28. The number of fused-ring (bicyclic) bond motifs is 2. The van der Waals surface area contributed by atoms with Crippen molar-refractivity contribution >= 4 is 10.1 Å². The van der Waals surface area contributed by atoms with Crippen molar-refractivity contribution < 1.29 is 12.6 Å². The van der Waals surface area contributed by atoms with Crippen molar-refractivity contribution in [3.05, 3.63) is 29.8 Å². The van der Waals surface area contributed by atoms with E-state index in [9.17, 15) is 8.42 Å². The van der Waals surface area contributed by atoms with Crippen LogP contribution in [0.1, 0.15) is 37.7 Å². The quantitative estimate of drug-likeness (QED) is 0.798. The van der Waals surface area contributed by atoms with Gasteiger partial charge in [-0.1, -0.05) is 24.1 Å². The number of hydrogen-bond donors (Lipinski definition) is 0. The van der Waals surface area contributed by atoms with E-state index < -0.39 is 10.1 Å². The number of aryl methyl sites for hydroxylation is 1. The largest absolute Gasteiger partial charge is 0.297 e. The molecule has 19 heavy (non-hydrogen) atoms. The van der Waals surface area contributed by atoms with Crippen molar-refractivity contribution in [1.82, 2.24) is 0 Å². The average Bonchev–Trinajstić information content (AvgIpc) is 2.62. The molecule has 3 nitrogen and oxygen atoms in total. The van der Waals surface area contributed by atoms with Gasteiger partial charge < -0.3 is 0 Å². The van der Waals surface area contributed by atoms with Gasteiger partial charge in [-0.3, -0.25) is 4.18 Å². The van der Waals surface area contributed by atoms with Crippen LogP contribution in [-0.2, 0) is 14.3 Å². The van der Waals surface area contributed by atoms with E-state index in [1.165, 1.54) is 6.42 Å². The summed E-state index contributed by atoms with van der Waals surface area (Å²) in [6.45, 7) is 1.94. The lowest BCUT2D eigenvalue weighted by molar-refractivity contribution is 0.0898. The molecule has 1 aromatic carbocycles. The monoisotopic (exact) mass is 280 g/mol. The Bertz CT molecular complexity index is 531. The van der Waals surface area contributed by atoms with E-state index in [4.69, 9.17) is 4.18 Å². The minimum absolute atomic E-state index is 0.0833. The van der Waals surface area contributed by atoms with Gasteiger partial charge >= 0.3 is 0 Å². The van der Waals surface area contributed by atoms with Crippen molar-refractivity contribution in [3.63, 3.8) is 0 Å². The highest BCUT2D eigenvalue weighted by Crippen LogP contribution is 2.44. The SMILES string of the molecule is Cc1ccc(S(=O)(=O)OC2[C@@H]3CCC[C@H]2CC3)cc1. The van der Waals surface area contributed by atoms with Crippen molar-refractivity contribution in [2.45, 2.75) is 50.0 Å². The van der Waals surface area contributed by atoms with Gasteiger partial charge in [-0.2, -0.15) is 8.42 Å². The van der Waals surface area contributed by atoms with Crippen LogP contribution in [0.25, 0.3) is 0 Å². The molecule has 1 aromatic rings. The van der Waals surface area contributed by atoms with Crippen LogP contribution >= 0.6 is 0 Å². The Morgan fingerprint density at radius 3 is 2.16 bits per heavy atom. The molecule has 0 heterocycles. The molecule has 2 aliphatic rings. The molecular weight excluding hydrogens is 260 g/mol. The summed E-state index contributed by atoms with van der Waals surface area (Å²) in [6.07, 6.45) is 5.62. The van der Waals surface area contributed by atoms with E-state index in [1.54, 1.807) is 12.1 Å². The van der Waals surface area contributed by atoms with Gasteiger partial charge in [0, 0.05) is 0 Å². The van der Waals surface area contributed by atoms with E-state index in [2.05, 4.69) is 0 Å². The lowest BCUT2D eigenvalue weighted by Gasteiger charge is -2.29. The van der Waals surface area contributed by atoms with Crippen LogP contribution < -0.4 is 0 Å². The van der Waals surface area contributed by atoms with Crippen LogP contribution in [0.15, 0.2) is 29.2 Å². The molecule has 0 saturated heterocycles. The Morgan fingerprint density at radius 1 is 1.00 bits per heavy atom. The van der Waals surface area contributed by atoms with Crippen molar-refractivity contribution in [2.24, 2.45) is 11.8 Å². The molecule has 3 rings (SSSR count). The zero-order chi connectivity index (χ0) is 13.5. The smallest absolute Gasteiger partial charge is 0.262 e. The van der Waals surface area contributed by atoms with Gasteiger partial charge in [0.1, 0.15) is 0 Å². The van der Waals surface area contributed by atoms with Crippen LogP contribution in [0.4, 0.5) is 0 Å². The second kappa shape index (κ2) is 4.91. The van der Waals surface area contributed by atoms with Crippen molar-refractivity contribution in [2.75, 3.05) is 0 Å². The lowest BCUT2D eigenvalue weighted by Crippen LogP contribution is -2.31. The molecule has 0 radical (unpaired) electrons. The maximum Gasteiger partial charge on any atom is 0.297 e. The van der Waals surface area contributed by atoms with E-state index in [0.29, 0.717) is 11.8 Å². The number of hydrogen-bond acceptors (Lipinski definition) is 3. The minimum Gasteiger partial charge on any atom is -0.262 e. The maximum absolute atomic E-state index is 12.3. The molecule has 4 heteroatoms. The summed E-state index contributed by atoms with van der Waals surface area (Å²) in [7, 11) is -3.60. The van der Waals surface area contributed by atoms with Gasteiger partial charge in [0.05, 0.1) is 11.0 Å². The average molecular weight is 280 g/mol. The molecule has 0 amide bonds.